The maximum atomic E-state index is 5.29. The smallest absolute Gasteiger partial charge is 0.160 e. The van der Waals surface area contributed by atoms with Crippen LogP contribution >= 0.6 is 0 Å². The van der Waals surface area contributed by atoms with Crippen molar-refractivity contribution in [3.8, 4) is 67.3 Å². The molecule has 0 aliphatic heterocycles. The first-order chi connectivity index (χ1) is 28.7. The van der Waals surface area contributed by atoms with Crippen LogP contribution in [0.5, 0.6) is 0 Å². The summed E-state index contributed by atoms with van der Waals surface area (Å²) in [6.45, 7) is 0. The third-order valence-electron chi connectivity index (χ3n) is 11.3. The fourth-order valence-corrected chi connectivity index (χ4v) is 8.50. The molecule has 0 fully saturated rings. The average molecular weight is 738 g/mol. The van der Waals surface area contributed by atoms with Gasteiger partial charge in [-0.05, 0) is 107 Å². The van der Waals surface area contributed by atoms with Crippen LogP contribution in [0.3, 0.4) is 0 Å². The Balaban J connectivity index is 1.09. The molecule has 0 aliphatic carbocycles. The molecule has 0 radical (unpaired) electrons. The number of pyridine rings is 1. The van der Waals surface area contributed by atoms with Crippen molar-refractivity contribution in [3.05, 3.63) is 213 Å². The van der Waals surface area contributed by atoms with Crippen molar-refractivity contribution in [2.75, 3.05) is 0 Å². The first-order valence-electron chi connectivity index (χ1n) is 19.7. The molecule has 3 heteroatoms. The third kappa shape index (κ3) is 5.98. The normalized spacial score (nSPS) is 11.4. The van der Waals surface area contributed by atoms with E-state index < -0.39 is 0 Å². The van der Waals surface area contributed by atoms with E-state index in [0.717, 1.165) is 44.8 Å². The first kappa shape index (κ1) is 33.6. The Morgan fingerprint density at radius 1 is 0.276 bits per heavy atom. The summed E-state index contributed by atoms with van der Waals surface area (Å²) in [6.07, 6.45) is 3.70. The van der Waals surface area contributed by atoms with Crippen molar-refractivity contribution in [1.82, 2.24) is 15.0 Å². The van der Waals surface area contributed by atoms with Gasteiger partial charge in [0.25, 0.3) is 0 Å². The van der Waals surface area contributed by atoms with Crippen LogP contribution in [0.15, 0.2) is 213 Å². The number of rotatable bonds is 6. The van der Waals surface area contributed by atoms with Gasteiger partial charge in [-0.15, -0.1) is 0 Å². The lowest BCUT2D eigenvalue weighted by molar-refractivity contribution is 1.18. The molecule has 0 atom stereocenters. The highest BCUT2D eigenvalue weighted by molar-refractivity contribution is 6.21. The second kappa shape index (κ2) is 14.1. The van der Waals surface area contributed by atoms with Crippen LogP contribution in [0.25, 0.3) is 110 Å². The number of nitrogens with zero attached hydrogens (tertiary/aromatic N) is 3. The fraction of sp³-hybridized carbons (Fsp3) is 0. The minimum atomic E-state index is 0.681. The largest absolute Gasteiger partial charge is 0.264 e. The van der Waals surface area contributed by atoms with Gasteiger partial charge in [0.15, 0.2) is 5.82 Å². The molecule has 0 bridgehead atoms. The fourth-order valence-electron chi connectivity index (χ4n) is 8.50. The molecular formula is C55H35N3. The Hall–Kier alpha value is -7.75. The number of aromatic nitrogens is 3. The summed E-state index contributed by atoms with van der Waals surface area (Å²) >= 11 is 0. The van der Waals surface area contributed by atoms with Crippen LogP contribution in [-0.2, 0) is 0 Å². The predicted octanol–water partition coefficient (Wildman–Crippen LogP) is 14.5. The van der Waals surface area contributed by atoms with Gasteiger partial charge in [-0.2, -0.15) is 0 Å². The second-order valence-corrected chi connectivity index (χ2v) is 14.8. The van der Waals surface area contributed by atoms with Crippen molar-refractivity contribution in [1.29, 1.82) is 0 Å². The van der Waals surface area contributed by atoms with Crippen molar-refractivity contribution >= 4 is 43.1 Å². The maximum absolute atomic E-state index is 5.29. The van der Waals surface area contributed by atoms with Crippen LogP contribution in [-0.4, -0.2) is 15.0 Å². The molecule has 9 aromatic carbocycles. The number of hydrogen-bond donors (Lipinski definition) is 0. The number of fused-ring (bicyclic) bond motifs is 4. The van der Waals surface area contributed by atoms with Gasteiger partial charge in [-0.3, -0.25) is 4.98 Å². The zero-order chi connectivity index (χ0) is 38.4. The van der Waals surface area contributed by atoms with E-state index in [1.165, 1.54) is 59.8 Å². The van der Waals surface area contributed by atoms with E-state index >= 15 is 0 Å². The zero-order valence-electron chi connectivity index (χ0n) is 31.5. The quantitative estimate of drug-likeness (QED) is 0.160. The molecule has 0 aliphatic rings. The molecule has 270 valence electrons. The van der Waals surface area contributed by atoms with Gasteiger partial charge in [0, 0.05) is 29.1 Å². The molecule has 0 amide bonds. The highest BCUT2D eigenvalue weighted by atomic mass is 14.9. The van der Waals surface area contributed by atoms with Crippen LogP contribution in [0, 0.1) is 0 Å². The summed E-state index contributed by atoms with van der Waals surface area (Å²) in [7, 11) is 0. The van der Waals surface area contributed by atoms with Gasteiger partial charge < -0.3 is 0 Å². The highest BCUT2D eigenvalue weighted by Crippen LogP contribution is 2.44. The summed E-state index contributed by atoms with van der Waals surface area (Å²) in [5, 5.41) is 9.72. The van der Waals surface area contributed by atoms with Gasteiger partial charge in [-0.25, -0.2) is 9.97 Å². The second-order valence-electron chi connectivity index (χ2n) is 14.8. The minimum absolute atomic E-state index is 0.681. The molecule has 2 aromatic heterocycles. The summed E-state index contributed by atoms with van der Waals surface area (Å²) < 4.78 is 0. The Labute approximate surface area is 336 Å². The van der Waals surface area contributed by atoms with E-state index in [-0.39, 0.29) is 0 Å². The van der Waals surface area contributed by atoms with Crippen LogP contribution in [0.1, 0.15) is 0 Å². The zero-order valence-corrected chi connectivity index (χ0v) is 31.5. The molecule has 11 aromatic rings. The molecular weight excluding hydrogens is 703 g/mol. The van der Waals surface area contributed by atoms with Crippen molar-refractivity contribution in [2.24, 2.45) is 0 Å². The van der Waals surface area contributed by atoms with E-state index in [2.05, 4.69) is 199 Å². The molecule has 0 saturated carbocycles. The van der Waals surface area contributed by atoms with Gasteiger partial charge in [-0.1, -0.05) is 170 Å². The summed E-state index contributed by atoms with van der Waals surface area (Å²) in [5.41, 5.74) is 11.8. The molecule has 0 spiro atoms. The van der Waals surface area contributed by atoms with Crippen molar-refractivity contribution in [2.45, 2.75) is 0 Å². The Bertz CT molecular complexity index is 3280. The van der Waals surface area contributed by atoms with Crippen molar-refractivity contribution < 1.29 is 0 Å². The Kier molecular flexibility index (Phi) is 8.15. The summed E-state index contributed by atoms with van der Waals surface area (Å²) in [5.74, 6) is 0.681. The molecule has 3 nitrogen and oxygen atoms in total. The van der Waals surface area contributed by atoms with E-state index in [1.807, 2.05) is 12.3 Å². The topological polar surface area (TPSA) is 38.7 Å². The van der Waals surface area contributed by atoms with E-state index in [1.54, 1.807) is 6.20 Å². The van der Waals surface area contributed by atoms with Crippen LogP contribution < -0.4 is 0 Å². The standard InChI is InChI=1S/C55H35N3/c1-3-13-40-31-42(28-24-36(40)11-1)52-34-51(39-26-22-38(23-27-39)46-17-10-30-56-35-46)57-55(58-52)45-16-9-15-43(33-45)53-47-18-5-7-20-49(47)54(50-21-8-6-19-48(50)53)44-29-25-37-12-2-4-14-41(37)32-44/h1-35H. The average Bonchev–Trinajstić information content (AvgIpc) is 3.30. The van der Waals surface area contributed by atoms with Gasteiger partial charge in [0.1, 0.15) is 0 Å². The number of benzene rings is 9. The SMILES string of the molecule is c1cncc(-c2ccc(-c3cc(-c4ccc5ccccc5c4)nc(-c4cccc(-c5c6ccccc6c(-c6ccc7ccccc7c6)c6ccccc56)c4)n3)cc2)c1. The summed E-state index contributed by atoms with van der Waals surface area (Å²) in [4.78, 5) is 14.9. The van der Waals surface area contributed by atoms with Gasteiger partial charge >= 0.3 is 0 Å². The van der Waals surface area contributed by atoms with Crippen molar-refractivity contribution in [3.63, 3.8) is 0 Å². The Morgan fingerprint density at radius 2 is 0.741 bits per heavy atom. The molecule has 58 heavy (non-hydrogen) atoms. The monoisotopic (exact) mass is 737 g/mol. The lowest BCUT2D eigenvalue weighted by Crippen LogP contribution is -1.97. The molecule has 0 N–H and O–H groups in total. The predicted molar refractivity (Wildman–Crippen MR) is 242 cm³/mol. The maximum Gasteiger partial charge on any atom is 0.160 e. The number of hydrogen-bond acceptors (Lipinski definition) is 3. The Morgan fingerprint density at radius 3 is 1.34 bits per heavy atom. The summed E-state index contributed by atoms with van der Waals surface area (Å²) in [6, 6.07) is 71.6. The van der Waals surface area contributed by atoms with Crippen LogP contribution in [0.4, 0.5) is 0 Å². The lowest BCUT2D eigenvalue weighted by atomic mass is 9.85. The van der Waals surface area contributed by atoms with Crippen LogP contribution in [0.2, 0.25) is 0 Å². The van der Waals surface area contributed by atoms with E-state index in [9.17, 15) is 0 Å². The first-order valence-corrected chi connectivity index (χ1v) is 19.7. The third-order valence-corrected chi connectivity index (χ3v) is 11.3. The molecule has 0 unspecified atom stereocenters. The molecule has 2 heterocycles. The minimum Gasteiger partial charge on any atom is -0.264 e. The van der Waals surface area contributed by atoms with E-state index in [4.69, 9.17) is 9.97 Å². The molecule has 11 rings (SSSR count). The lowest BCUT2D eigenvalue weighted by Gasteiger charge is -2.18. The van der Waals surface area contributed by atoms with E-state index in [0.29, 0.717) is 5.82 Å². The highest BCUT2D eigenvalue weighted by Gasteiger charge is 2.18. The van der Waals surface area contributed by atoms with Gasteiger partial charge in [0.2, 0.25) is 0 Å². The van der Waals surface area contributed by atoms with Gasteiger partial charge in [0.05, 0.1) is 11.4 Å². The molecule has 0 saturated heterocycles.